The van der Waals surface area contributed by atoms with Gasteiger partial charge in [0.2, 0.25) is 0 Å². The molecule has 0 saturated heterocycles. The molecule has 1 aliphatic heterocycles. The number of carbonyl (C=O) groups is 3. The number of hydrogen-bond donors (Lipinski definition) is 0. The molecule has 0 saturated carbocycles. The number of ether oxygens (including phenoxy) is 2. The first-order valence-electron chi connectivity index (χ1n) is 7.84. The van der Waals surface area contributed by atoms with Crippen LogP contribution in [-0.4, -0.2) is 42.9 Å². The second-order valence-electron chi connectivity index (χ2n) is 5.56. The topological polar surface area (TPSA) is 72.9 Å². The van der Waals surface area contributed by atoms with E-state index >= 15 is 0 Å². The first kappa shape index (κ1) is 16.7. The molecule has 25 heavy (non-hydrogen) atoms. The van der Waals surface area contributed by atoms with E-state index in [1.54, 1.807) is 31.4 Å². The largest absolute Gasteiger partial charge is 0.497 e. The first-order valence-corrected chi connectivity index (χ1v) is 7.84. The average molecular weight is 339 g/mol. The number of carbonyl (C=O) groups excluding carboxylic acids is 3. The fraction of sp³-hybridized carbons (Fsp3) is 0.211. The highest BCUT2D eigenvalue weighted by atomic mass is 16.5. The molecule has 2 aromatic carbocycles. The standard InChI is InChI=1S/C19H17NO5/c1-24-14-8-6-13(7-9-14)10-11-25-17(21)12-20-18(22)15-4-2-3-5-16(15)19(20)23/h2-9H,10-12H2,1H3. The molecule has 3 rings (SSSR count). The molecular weight excluding hydrogens is 322 g/mol. The summed E-state index contributed by atoms with van der Waals surface area (Å²) in [5.74, 6) is -0.783. The Labute approximate surface area is 145 Å². The second kappa shape index (κ2) is 7.17. The van der Waals surface area contributed by atoms with Gasteiger partial charge in [0.1, 0.15) is 12.3 Å². The monoisotopic (exact) mass is 339 g/mol. The fourth-order valence-electron chi connectivity index (χ4n) is 2.63. The minimum atomic E-state index is -0.608. The van der Waals surface area contributed by atoms with Gasteiger partial charge in [0.05, 0.1) is 24.8 Å². The van der Waals surface area contributed by atoms with Crippen LogP contribution < -0.4 is 4.74 Å². The molecule has 0 N–H and O–H groups in total. The Kier molecular flexibility index (Phi) is 4.79. The minimum absolute atomic E-state index is 0.175. The highest BCUT2D eigenvalue weighted by molar-refractivity contribution is 6.22. The van der Waals surface area contributed by atoms with Crippen LogP contribution in [0.15, 0.2) is 48.5 Å². The lowest BCUT2D eigenvalue weighted by atomic mass is 10.1. The number of esters is 1. The maximum Gasteiger partial charge on any atom is 0.326 e. The number of benzene rings is 2. The lowest BCUT2D eigenvalue weighted by Gasteiger charge is -2.13. The molecule has 0 aliphatic carbocycles. The van der Waals surface area contributed by atoms with Crippen molar-refractivity contribution in [3.05, 3.63) is 65.2 Å². The third kappa shape index (κ3) is 3.52. The van der Waals surface area contributed by atoms with E-state index in [0.717, 1.165) is 16.2 Å². The highest BCUT2D eigenvalue weighted by Crippen LogP contribution is 2.22. The first-order chi connectivity index (χ1) is 12.1. The molecule has 0 radical (unpaired) electrons. The van der Waals surface area contributed by atoms with E-state index in [4.69, 9.17) is 9.47 Å². The lowest BCUT2D eigenvalue weighted by molar-refractivity contribution is -0.143. The third-order valence-corrected chi connectivity index (χ3v) is 3.98. The van der Waals surface area contributed by atoms with E-state index < -0.39 is 17.8 Å². The van der Waals surface area contributed by atoms with Crippen molar-refractivity contribution in [3.63, 3.8) is 0 Å². The van der Waals surface area contributed by atoms with Gasteiger partial charge in [-0.1, -0.05) is 24.3 Å². The van der Waals surface area contributed by atoms with Gasteiger partial charge in [-0.05, 0) is 29.8 Å². The molecule has 1 heterocycles. The highest BCUT2D eigenvalue weighted by Gasteiger charge is 2.36. The van der Waals surface area contributed by atoms with E-state index in [-0.39, 0.29) is 13.2 Å². The van der Waals surface area contributed by atoms with Gasteiger partial charge < -0.3 is 9.47 Å². The van der Waals surface area contributed by atoms with Crippen molar-refractivity contribution in [2.75, 3.05) is 20.3 Å². The number of hydrogen-bond acceptors (Lipinski definition) is 5. The van der Waals surface area contributed by atoms with E-state index in [1.807, 2.05) is 24.3 Å². The zero-order chi connectivity index (χ0) is 17.8. The Morgan fingerprint density at radius 3 is 2.12 bits per heavy atom. The summed E-state index contributed by atoms with van der Waals surface area (Å²) >= 11 is 0. The molecule has 2 amide bonds. The smallest absolute Gasteiger partial charge is 0.326 e. The Balaban J connectivity index is 1.51. The van der Waals surface area contributed by atoms with Gasteiger partial charge in [-0.15, -0.1) is 0 Å². The number of imide groups is 1. The number of amides is 2. The molecule has 6 nitrogen and oxygen atoms in total. The number of nitrogens with zero attached hydrogens (tertiary/aromatic N) is 1. The fourth-order valence-corrected chi connectivity index (χ4v) is 2.63. The second-order valence-corrected chi connectivity index (χ2v) is 5.56. The van der Waals surface area contributed by atoms with Crippen LogP contribution >= 0.6 is 0 Å². The van der Waals surface area contributed by atoms with Crippen LogP contribution in [0.3, 0.4) is 0 Å². The zero-order valence-corrected chi connectivity index (χ0v) is 13.7. The molecule has 0 unspecified atom stereocenters. The van der Waals surface area contributed by atoms with Crippen molar-refractivity contribution < 1.29 is 23.9 Å². The Morgan fingerprint density at radius 2 is 1.56 bits per heavy atom. The quantitative estimate of drug-likeness (QED) is 0.595. The summed E-state index contributed by atoms with van der Waals surface area (Å²) in [6.45, 7) is -0.205. The van der Waals surface area contributed by atoms with Gasteiger partial charge in [0, 0.05) is 6.42 Å². The summed E-state index contributed by atoms with van der Waals surface area (Å²) < 4.78 is 10.2. The van der Waals surface area contributed by atoms with E-state index in [0.29, 0.717) is 17.5 Å². The Hall–Kier alpha value is -3.15. The van der Waals surface area contributed by atoms with Crippen molar-refractivity contribution in [1.82, 2.24) is 4.90 Å². The molecule has 0 bridgehead atoms. The van der Waals surface area contributed by atoms with Crippen LogP contribution in [0, 0.1) is 0 Å². The van der Waals surface area contributed by atoms with Gasteiger partial charge in [-0.3, -0.25) is 19.3 Å². The predicted octanol–water partition coefficient (Wildman–Crippen LogP) is 2.08. The van der Waals surface area contributed by atoms with Crippen LogP contribution in [0.25, 0.3) is 0 Å². The molecule has 6 heteroatoms. The van der Waals surface area contributed by atoms with Crippen molar-refractivity contribution in [2.45, 2.75) is 6.42 Å². The van der Waals surface area contributed by atoms with Crippen LogP contribution in [0.4, 0.5) is 0 Å². The summed E-state index contributed by atoms with van der Waals surface area (Å²) in [6, 6.07) is 13.9. The third-order valence-electron chi connectivity index (χ3n) is 3.98. The molecule has 0 fully saturated rings. The Bertz CT molecular complexity index is 778. The van der Waals surface area contributed by atoms with E-state index in [1.165, 1.54) is 0 Å². The number of rotatable bonds is 6. The molecule has 2 aromatic rings. The van der Waals surface area contributed by atoms with Crippen molar-refractivity contribution >= 4 is 17.8 Å². The maximum atomic E-state index is 12.2. The summed E-state index contributed by atoms with van der Waals surface area (Å²) in [7, 11) is 1.59. The van der Waals surface area contributed by atoms with Gasteiger partial charge in [-0.2, -0.15) is 0 Å². The molecule has 0 spiro atoms. The number of fused-ring (bicyclic) bond motifs is 1. The zero-order valence-electron chi connectivity index (χ0n) is 13.7. The van der Waals surface area contributed by atoms with Crippen LogP contribution in [0.5, 0.6) is 5.75 Å². The maximum absolute atomic E-state index is 12.2. The minimum Gasteiger partial charge on any atom is -0.497 e. The van der Waals surface area contributed by atoms with Crippen molar-refractivity contribution in [3.8, 4) is 5.75 Å². The summed E-state index contributed by atoms with van der Waals surface area (Å²) in [4.78, 5) is 37.2. The van der Waals surface area contributed by atoms with Crippen LogP contribution in [-0.2, 0) is 16.0 Å². The molecule has 128 valence electrons. The predicted molar refractivity (Wildman–Crippen MR) is 89.5 cm³/mol. The van der Waals surface area contributed by atoms with Crippen molar-refractivity contribution in [1.29, 1.82) is 0 Å². The van der Waals surface area contributed by atoms with Gasteiger partial charge in [0.25, 0.3) is 11.8 Å². The van der Waals surface area contributed by atoms with E-state index in [9.17, 15) is 14.4 Å². The van der Waals surface area contributed by atoms with Crippen molar-refractivity contribution in [2.24, 2.45) is 0 Å². The van der Waals surface area contributed by atoms with Gasteiger partial charge in [-0.25, -0.2) is 0 Å². The Morgan fingerprint density at radius 1 is 0.960 bits per heavy atom. The lowest BCUT2D eigenvalue weighted by Crippen LogP contribution is -2.35. The molecular formula is C19H17NO5. The molecule has 0 aromatic heterocycles. The van der Waals surface area contributed by atoms with Gasteiger partial charge >= 0.3 is 5.97 Å². The van der Waals surface area contributed by atoms with E-state index in [2.05, 4.69) is 0 Å². The number of methoxy groups -OCH3 is 1. The van der Waals surface area contributed by atoms with Crippen LogP contribution in [0.2, 0.25) is 0 Å². The van der Waals surface area contributed by atoms with Gasteiger partial charge in [0.15, 0.2) is 0 Å². The molecule has 0 atom stereocenters. The summed E-state index contributed by atoms with van der Waals surface area (Å²) in [5, 5.41) is 0. The van der Waals surface area contributed by atoms with Crippen LogP contribution in [0.1, 0.15) is 26.3 Å². The average Bonchev–Trinajstić information content (AvgIpc) is 2.88. The normalized spacial score (nSPS) is 12.9. The summed E-state index contributed by atoms with van der Waals surface area (Å²) in [6.07, 6.45) is 0.540. The summed E-state index contributed by atoms with van der Waals surface area (Å²) in [5.41, 5.74) is 1.63. The SMILES string of the molecule is COc1ccc(CCOC(=O)CN2C(=O)c3ccccc3C2=O)cc1. The molecule has 1 aliphatic rings.